The van der Waals surface area contributed by atoms with E-state index in [1.165, 1.54) is 27.8 Å². The number of amides is 1. The number of aromatic nitrogens is 2. The molecule has 0 aliphatic heterocycles. The summed E-state index contributed by atoms with van der Waals surface area (Å²) < 4.78 is 1.45. The summed E-state index contributed by atoms with van der Waals surface area (Å²) in [5.41, 5.74) is 1.09. The Bertz CT molecular complexity index is 774. The van der Waals surface area contributed by atoms with Crippen molar-refractivity contribution in [2.75, 3.05) is 0 Å². The summed E-state index contributed by atoms with van der Waals surface area (Å²) in [6.45, 7) is 4.14. The van der Waals surface area contributed by atoms with Crippen LogP contribution in [0.15, 0.2) is 11.1 Å². The number of hydrogen-bond acceptors (Lipinski definition) is 4. The molecule has 6 heteroatoms. The number of hydrogen-bond donors (Lipinski definition) is 1. The van der Waals surface area contributed by atoms with Crippen LogP contribution in [0, 0.1) is 0 Å². The highest BCUT2D eigenvalue weighted by molar-refractivity contribution is 7.18. The quantitative estimate of drug-likeness (QED) is 0.915. The lowest BCUT2D eigenvalue weighted by Gasteiger charge is -2.15. The Hall–Kier alpha value is -1.69. The fourth-order valence-electron chi connectivity index (χ4n) is 3.21. The zero-order valence-electron chi connectivity index (χ0n) is 13.7. The molecule has 124 valence electrons. The van der Waals surface area contributed by atoms with Crippen LogP contribution < -0.4 is 10.9 Å². The Labute approximate surface area is 139 Å². The third-order valence-corrected chi connectivity index (χ3v) is 5.81. The number of carbonyl (C=O) groups is 1. The summed E-state index contributed by atoms with van der Waals surface area (Å²) in [4.78, 5) is 31.5. The SMILES string of the molecule is CCC(CC)NC(=O)Cn1cnc2sc3c(c2c1=O)CCCC3. The van der Waals surface area contributed by atoms with Crippen LogP contribution in [0.2, 0.25) is 0 Å². The summed E-state index contributed by atoms with van der Waals surface area (Å²) >= 11 is 1.63. The van der Waals surface area contributed by atoms with Gasteiger partial charge in [0, 0.05) is 10.9 Å². The molecule has 23 heavy (non-hydrogen) atoms. The van der Waals surface area contributed by atoms with Crippen LogP contribution in [0.25, 0.3) is 10.2 Å². The highest BCUT2D eigenvalue weighted by Gasteiger charge is 2.20. The molecule has 3 rings (SSSR count). The Morgan fingerprint density at radius 2 is 2.09 bits per heavy atom. The third kappa shape index (κ3) is 3.17. The van der Waals surface area contributed by atoms with Crippen LogP contribution in [-0.4, -0.2) is 21.5 Å². The van der Waals surface area contributed by atoms with Gasteiger partial charge in [0.1, 0.15) is 11.4 Å². The minimum absolute atomic E-state index is 0.0445. The van der Waals surface area contributed by atoms with Gasteiger partial charge in [-0.05, 0) is 44.1 Å². The maximum absolute atomic E-state index is 12.8. The van der Waals surface area contributed by atoms with E-state index in [-0.39, 0.29) is 24.1 Å². The summed E-state index contributed by atoms with van der Waals surface area (Å²) in [5, 5.41) is 3.71. The van der Waals surface area contributed by atoms with E-state index < -0.39 is 0 Å². The summed E-state index contributed by atoms with van der Waals surface area (Å²) in [6.07, 6.45) is 7.62. The number of carbonyl (C=O) groups excluding carboxylic acids is 1. The molecule has 2 heterocycles. The van der Waals surface area contributed by atoms with Gasteiger partial charge < -0.3 is 5.32 Å². The summed E-state index contributed by atoms with van der Waals surface area (Å²) in [7, 11) is 0. The fraction of sp³-hybridized carbons (Fsp3) is 0.588. The molecule has 0 saturated carbocycles. The van der Waals surface area contributed by atoms with E-state index in [0.717, 1.165) is 42.3 Å². The van der Waals surface area contributed by atoms with Crippen LogP contribution in [0.1, 0.15) is 50.0 Å². The van der Waals surface area contributed by atoms with Crippen molar-refractivity contribution in [2.24, 2.45) is 0 Å². The van der Waals surface area contributed by atoms with Crippen molar-refractivity contribution in [3.8, 4) is 0 Å². The van der Waals surface area contributed by atoms with E-state index in [4.69, 9.17) is 0 Å². The van der Waals surface area contributed by atoms with Crippen molar-refractivity contribution in [1.82, 2.24) is 14.9 Å². The van der Waals surface area contributed by atoms with Gasteiger partial charge in [-0.3, -0.25) is 14.2 Å². The van der Waals surface area contributed by atoms with Gasteiger partial charge in [-0.15, -0.1) is 11.3 Å². The van der Waals surface area contributed by atoms with Crippen LogP contribution in [0.5, 0.6) is 0 Å². The van der Waals surface area contributed by atoms with Crippen molar-refractivity contribution in [1.29, 1.82) is 0 Å². The molecule has 0 bridgehead atoms. The fourth-order valence-corrected chi connectivity index (χ4v) is 4.43. The Morgan fingerprint density at radius 3 is 2.83 bits per heavy atom. The largest absolute Gasteiger partial charge is 0.352 e. The van der Waals surface area contributed by atoms with Crippen molar-refractivity contribution in [3.05, 3.63) is 27.1 Å². The van der Waals surface area contributed by atoms with Crippen LogP contribution in [-0.2, 0) is 24.2 Å². The number of thiophene rings is 1. The second kappa shape index (κ2) is 6.83. The molecule has 5 nitrogen and oxygen atoms in total. The third-order valence-electron chi connectivity index (χ3n) is 4.61. The van der Waals surface area contributed by atoms with Gasteiger partial charge >= 0.3 is 0 Å². The second-order valence-corrected chi connectivity index (χ2v) is 7.23. The molecule has 0 aromatic carbocycles. The smallest absolute Gasteiger partial charge is 0.262 e. The van der Waals surface area contributed by atoms with Crippen molar-refractivity contribution in [2.45, 2.75) is 65.0 Å². The predicted octanol–water partition coefficient (Wildman–Crippen LogP) is 2.64. The zero-order valence-corrected chi connectivity index (χ0v) is 14.5. The molecule has 2 aromatic rings. The van der Waals surface area contributed by atoms with Gasteiger partial charge in [0.2, 0.25) is 5.91 Å². The molecule has 0 fully saturated rings. The standard InChI is InChI=1S/C17H23N3O2S/c1-3-11(4-2)19-14(21)9-20-10-18-16-15(17(20)22)12-7-5-6-8-13(12)23-16/h10-11H,3-9H2,1-2H3,(H,19,21). The lowest BCUT2D eigenvalue weighted by Crippen LogP contribution is -2.38. The average Bonchev–Trinajstić information content (AvgIpc) is 2.94. The van der Waals surface area contributed by atoms with E-state index in [1.54, 1.807) is 11.3 Å². The van der Waals surface area contributed by atoms with Gasteiger partial charge in [-0.25, -0.2) is 4.98 Å². The molecular formula is C17H23N3O2S. The predicted molar refractivity (Wildman–Crippen MR) is 93.0 cm³/mol. The number of aryl methyl sites for hydroxylation is 2. The number of fused-ring (bicyclic) bond motifs is 3. The van der Waals surface area contributed by atoms with E-state index in [2.05, 4.69) is 10.3 Å². The first kappa shape index (κ1) is 16.2. The average molecular weight is 333 g/mol. The Morgan fingerprint density at radius 1 is 1.35 bits per heavy atom. The van der Waals surface area contributed by atoms with Gasteiger partial charge in [-0.2, -0.15) is 0 Å². The molecule has 1 aliphatic carbocycles. The van der Waals surface area contributed by atoms with Crippen LogP contribution in [0.3, 0.4) is 0 Å². The molecule has 2 aromatic heterocycles. The van der Waals surface area contributed by atoms with Crippen LogP contribution >= 0.6 is 11.3 Å². The molecule has 0 radical (unpaired) electrons. The number of nitrogens with one attached hydrogen (secondary N) is 1. The summed E-state index contributed by atoms with van der Waals surface area (Å²) in [6, 6.07) is 0.170. The van der Waals surface area contributed by atoms with Crippen molar-refractivity contribution < 1.29 is 4.79 Å². The molecule has 0 spiro atoms. The molecule has 1 amide bonds. The normalized spacial score (nSPS) is 14.2. The first-order chi connectivity index (χ1) is 11.1. The Balaban J connectivity index is 1.89. The second-order valence-electron chi connectivity index (χ2n) is 6.15. The topological polar surface area (TPSA) is 64.0 Å². The highest BCUT2D eigenvalue weighted by Crippen LogP contribution is 2.33. The monoisotopic (exact) mass is 333 g/mol. The number of rotatable bonds is 5. The molecule has 0 unspecified atom stereocenters. The molecule has 0 atom stereocenters. The van der Waals surface area contributed by atoms with Crippen molar-refractivity contribution in [3.63, 3.8) is 0 Å². The summed E-state index contributed by atoms with van der Waals surface area (Å²) in [5.74, 6) is -0.119. The Kier molecular flexibility index (Phi) is 4.80. The van der Waals surface area contributed by atoms with Gasteiger partial charge in [0.25, 0.3) is 5.56 Å². The maximum atomic E-state index is 12.8. The van der Waals surface area contributed by atoms with Gasteiger partial charge in [0.15, 0.2) is 0 Å². The van der Waals surface area contributed by atoms with E-state index in [9.17, 15) is 9.59 Å². The van der Waals surface area contributed by atoms with E-state index >= 15 is 0 Å². The first-order valence-corrected chi connectivity index (χ1v) is 9.24. The highest BCUT2D eigenvalue weighted by atomic mass is 32.1. The first-order valence-electron chi connectivity index (χ1n) is 8.43. The molecule has 1 N–H and O–H groups in total. The minimum Gasteiger partial charge on any atom is -0.352 e. The zero-order chi connectivity index (χ0) is 16.4. The minimum atomic E-state index is -0.119. The van der Waals surface area contributed by atoms with Gasteiger partial charge in [-0.1, -0.05) is 13.8 Å². The van der Waals surface area contributed by atoms with E-state index in [0.29, 0.717) is 0 Å². The lowest BCUT2D eigenvalue weighted by molar-refractivity contribution is -0.122. The van der Waals surface area contributed by atoms with Crippen LogP contribution in [0.4, 0.5) is 0 Å². The molecular weight excluding hydrogens is 310 g/mol. The van der Waals surface area contributed by atoms with Gasteiger partial charge in [0.05, 0.1) is 11.7 Å². The van der Waals surface area contributed by atoms with Crippen molar-refractivity contribution >= 4 is 27.5 Å². The maximum Gasteiger partial charge on any atom is 0.262 e. The molecule has 1 aliphatic rings. The molecule has 0 saturated heterocycles. The van der Waals surface area contributed by atoms with E-state index in [1.807, 2.05) is 13.8 Å². The number of nitrogens with zero attached hydrogens (tertiary/aromatic N) is 2. The lowest BCUT2D eigenvalue weighted by atomic mass is 9.97.